The van der Waals surface area contributed by atoms with E-state index in [9.17, 15) is 10.1 Å². The fourth-order valence-electron chi connectivity index (χ4n) is 3.00. The maximum atomic E-state index is 11.7. The fourth-order valence-corrected chi connectivity index (χ4v) is 3.00. The molecule has 0 aliphatic heterocycles. The number of ether oxygens (including phenoxy) is 3. The van der Waals surface area contributed by atoms with Crippen LogP contribution in [-0.2, 0) is 0 Å². The molecule has 6 heteroatoms. The Bertz CT molecular complexity index is 714. The molecule has 0 bridgehead atoms. The van der Waals surface area contributed by atoms with Gasteiger partial charge in [0.25, 0.3) is 0 Å². The molecule has 2 rings (SSSR count). The van der Waals surface area contributed by atoms with Crippen LogP contribution in [0, 0.1) is 10.1 Å². The minimum atomic E-state index is -0.768. The average Bonchev–Trinajstić information content (AvgIpc) is 2.65. The normalized spacial score (nSPS) is 13.0. The van der Waals surface area contributed by atoms with Crippen molar-refractivity contribution in [3.63, 3.8) is 0 Å². The number of hydrogen-bond acceptors (Lipinski definition) is 5. The maximum absolute atomic E-state index is 11.7. The van der Waals surface area contributed by atoms with Crippen molar-refractivity contribution in [2.75, 3.05) is 21.3 Å². The molecule has 0 spiro atoms. The fraction of sp³-hybridized carbons (Fsp3) is 0.368. The molecule has 0 aliphatic rings. The summed E-state index contributed by atoms with van der Waals surface area (Å²) in [5.41, 5.74) is 1.60. The largest absolute Gasteiger partial charge is 0.497 e. The number of benzene rings is 2. The number of methoxy groups -OCH3 is 3. The summed E-state index contributed by atoms with van der Waals surface area (Å²) in [6, 6.07) is 11.9. The predicted molar refractivity (Wildman–Crippen MR) is 95.5 cm³/mol. The third-order valence-electron chi connectivity index (χ3n) is 4.32. The molecule has 2 aromatic carbocycles. The van der Waals surface area contributed by atoms with Crippen molar-refractivity contribution in [1.82, 2.24) is 0 Å². The molecule has 25 heavy (non-hydrogen) atoms. The molecule has 0 amide bonds. The molecule has 0 fully saturated rings. The Balaban J connectivity index is 2.60. The number of nitrogens with zero attached hydrogens (tertiary/aromatic N) is 1. The van der Waals surface area contributed by atoms with E-state index in [1.807, 2.05) is 37.3 Å². The van der Waals surface area contributed by atoms with Gasteiger partial charge in [-0.1, -0.05) is 25.1 Å². The van der Waals surface area contributed by atoms with Crippen LogP contribution in [0.3, 0.4) is 0 Å². The highest BCUT2D eigenvalue weighted by atomic mass is 16.6. The smallest absolute Gasteiger partial charge is 0.223 e. The predicted octanol–water partition coefficient (Wildman–Crippen LogP) is 3.90. The summed E-state index contributed by atoms with van der Waals surface area (Å²) in [6.45, 7) is 1.82. The van der Waals surface area contributed by atoms with Crippen LogP contribution < -0.4 is 14.2 Å². The Morgan fingerprint density at radius 3 is 2.04 bits per heavy atom. The topological polar surface area (TPSA) is 70.8 Å². The van der Waals surface area contributed by atoms with Crippen LogP contribution in [0.2, 0.25) is 0 Å². The Hall–Kier alpha value is -2.76. The molecule has 134 valence electrons. The van der Waals surface area contributed by atoms with E-state index in [-0.39, 0.29) is 4.92 Å². The Labute approximate surface area is 147 Å². The molecule has 6 nitrogen and oxygen atoms in total. The first-order chi connectivity index (χ1) is 12.0. The number of nitro groups is 1. The summed E-state index contributed by atoms with van der Waals surface area (Å²) in [5.74, 6) is 1.48. The van der Waals surface area contributed by atoms with E-state index in [2.05, 4.69) is 0 Å². The van der Waals surface area contributed by atoms with Crippen molar-refractivity contribution < 1.29 is 19.1 Å². The molecular weight excluding hydrogens is 322 g/mol. The molecule has 2 aromatic rings. The van der Waals surface area contributed by atoms with Gasteiger partial charge in [-0.15, -0.1) is 0 Å². The summed E-state index contributed by atoms with van der Waals surface area (Å²) in [6.07, 6.45) is 0.402. The lowest BCUT2D eigenvalue weighted by molar-refractivity contribution is -0.525. The zero-order valence-electron chi connectivity index (χ0n) is 14.9. The van der Waals surface area contributed by atoms with E-state index in [1.54, 1.807) is 33.5 Å². The molecule has 0 N–H and O–H groups in total. The van der Waals surface area contributed by atoms with Gasteiger partial charge in [0.1, 0.15) is 17.2 Å². The van der Waals surface area contributed by atoms with Gasteiger partial charge < -0.3 is 14.2 Å². The highest BCUT2D eigenvalue weighted by Gasteiger charge is 2.34. The first-order valence-electron chi connectivity index (χ1n) is 8.05. The second kappa shape index (κ2) is 8.37. The van der Waals surface area contributed by atoms with E-state index < -0.39 is 12.0 Å². The van der Waals surface area contributed by atoms with Gasteiger partial charge in [-0.3, -0.25) is 10.1 Å². The Kier molecular flexibility index (Phi) is 6.22. The maximum Gasteiger partial charge on any atom is 0.223 e. The van der Waals surface area contributed by atoms with Gasteiger partial charge in [0.2, 0.25) is 6.04 Å². The van der Waals surface area contributed by atoms with Gasteiger partial charge in [-0.2, -0.15) is 0 Å². The van der Waals surface area contributed by atoms with Crippen molar-refractivity contribution in [1.29, 1.82) is 0 Å². The quantitative estimate of drug-likeness (QED) is 0.536. The first-order valence-corrected chi connectivity index (χ1v) is 8.05. The van der Waals surface area contributed by atoms with Gasteiger partial charge >= 0.3 is 0 Å². The highest BCUT2D eigenvalue weighted by molar-refractivity contribution is 5.47. The first kappa shape index (κ1) is 18.6. The zero-order chi connectivity index (χ0) is 18.4. The van der Waals surface area contributed by atoms with E-state index in [0.29, 0.717) is 23.7 Å². The standard InChI is InChI=1S/C19H23NO5/c1-5-17(20(21)22)19(13-6-8-14(23-2)9-7-13)16-11-10-15(24-3)12-18(16)25-4/h6-12,17,19H,5H2,1-4H3/t17-,19-/m0/s1. The molecule has 2 atom stereocenters. The summed E-state index contributed by atoms with van der Waals surface area (Å²) in [7, 11) is 4.71. The van der Waals surface area contributed by atoms with E-state index in [4.69, 9.17) is 14.2 Å². The molecule has 0 heterocycles. The number of rotatable bonds is 8. The summed E-state index contributed by atoms with van der Waals surface area (Å²) < 4.78 is 15.9. The van der Waals surface area contributed by atoms with E-state index >= 15 is 0 Å². The van der Waals surface area contributed by atoms with Gasteiger partial charge in [0, 0.05) is 23.0 Å². The monoisotopic (exact) mass is 345 g/mol. The third-order valence-corrected chi connectivity index (χ3v) is 4.32. The summed E-state index contributed by atoms with van der Waals surface area (Å²) >= 11 is 0. The molecule has 0 radical (unpaired) electrons. The Morgan fingerprint density at radius 1 is 0.960 bits per heavy atom. The van der Waals surface area contributed by atoms with Crippen molar-refractivity contribution in [2.45, 2.75) is 25.3 Å². The van der Waals surface area contributed by atoms with Crippen LogP contribution >= 0.6 is 0 Å². The SMILES string of the molecule is CC[C@@H]([C@@H](c1ccc(OC)cc1)c1ccc(OC)cc1OC)[N+](=O)[O-]. The number of hydrogen-bond donors (Lipinski definition) is 0. The minimum absolute atomic E-state index is 0.224. The lowest BCUT2D eigenvalue weighted by Crippen LogP contribution is -2.28. The van der Waals surface area contributed by atoms with Gasteiger partial charge in [-0.25, -0.2) is 0 Å². The van der Waals surface area contributed by atoms with E-state index in [1.165, 1.54) is 0 Å². The molecule has 0 aromatic heterocycles. The van der Waals surface area contributed by atoms with E-state index in [0.717, 1.165) is 11.1 Å². The van der Waals surface area contributed by atoms with Crippen LogP contribution in [0.4, 0.5) is 0 Å². The van der Waals surface area contributed by atoms with Gasteiger partial charge in [0.15, 0.2) is 0 Å². The second-order valence-corrected chi connectivity index (χ2v) is 5.62. The molecule has 0 saturated carbocycles. The minimum Gasteiger partial charge on any atom is -0.497 e. The Morgan fingerprint density at radius 2 is 1.56 bits per heavy atom. The van der Waals surface area contributed by atoms with Gasteiger partial charge in [0.05, 0.1) is 27.2 Å². The van der Waals surface area contributed by atoms with Crippen LogP contribution in [0.25, 0.3) is 0 Å². The van der Waals surface area contributed by atoms with Crippen LogP contribution in [-0.4, -0.2) is 32.3 Å². The molecule has 0 saturated heterocycles. The zero-order valence-corrected chi connectivity index (χ0v) is 14.9. The molecule has 0 unspecified atom stereocenters. The second-order valence-electron chi connectivity index (χ2n) is 5.62. The highest BCUT2D eigenvalue weighted by Crippen LogP contribution is 2.38. The van der Waals surface area contributed by atoms with Crippen LogP contribution in [0.1, 0.15) is 30.4 Å². The molecule has 0 aliphatic carbocycles. The van der Waals surface area contributed by atoms with Crippen molar-refractivity contribution in [3.8, 4) is 17.2 Å². The van der Waals surface area contributed by atoms with Crippen LogP contribution in [0.5, 0.6) is 17.2 Å². The van der Waals surface area contributed by atoms with Crippen molar-refractivity contribution in [3.05, 3.63) is 63.7 Å². The summed E-state index contributed by atoms with van der Waals surface area (Å²) in [4.78, 5) is 11.5. The average molecular weight is 345 g/mol. The lowest BCUT2D eigenvalue weighted by atomic mass is 9.83. The summed E-state index contributed by atoms with van der Waals surface area (Å²) in [5, 5.41) is 11.7. The third kappa shape index (κ3) is 4.02. The lowest BCUT2D eigenvalue weighted by Gasteiger charge is -2.23. The van der Waals surface area contributed by atoms with Crippen molar-refractivity contribution in [2.24, 2.45) is 0 Å². The van der Waals surface area contributed by atoms with Gasteiger partial charge in [-0.05, 0) is 23.8 Å². The van der Waals surface area contributed by atoms with Crippen molar-refractivity contribution >= 4 is 0 Å². The van der Waals surface area contributed by atoms with Crippen LogP contribution in [0.15, 0.2) is 42.5 Å². The molecular formula is C19H23NO5.